The van der Waals surface area contributed by atoms with Crippen molar-refractivity contribution in [2.45, 2.75) is 38.2 Å². The first kappa shape index (κ1) is 23.5. The molecule has 1 aliphatic rings. The number of carboxylic acid groups (broad SMARTS) is 1. The third kappa shape index (κ3) is 5.81. The second-order valence-corrected chi connectivity index (χ2v) is 9.03. The maximum absolute atomic E-state index is 13.3. The van der Waals surface area contributed by atoms with Crippen LogP contribution in [0.25, 0.3) is 0 Å². The van der Waals surface area contributed by atoms with E-state index in [1.54, 1.807) is 23.1 Å². The molecule has 0 bridgehead atoms. The summed E-state index contributed by atoms with van der Waals surface area (Å²) in [6.45, 7) is 2.60. The lowest BCUT2D eigenvalue weighted by molar-refractivity contribution is -0.137. The first-order valence-corrected chi connectivity index (χ1v) is 11.4. The van der Waals surface area contributed by atoms with Crippen molar-refractivity contribution < 1.29 is 23.8 Å². The van der Waals surface area contributed by atoms with E-state index in [1.165, 1.54) is 12.1 Å². The first-order chi connectivity index (χ1) is 16.3. The Morgan fingerprint density at radius 1 is 1.00 bits per heavy atom. The second kappa shape index (κ2) is 10.1. The molecule has 0 fully saturated rings. The number of rotatable bonds is 9. The molecule has 6 heteroatoms. The zero-order valence-electron chi connectivity index (χ0n) is 19.2. The van der Waals surface area contributed by atoms with E-state index in [4.69, 9.17) is 9.84 Å². The first-order valence-electron chi connectivity index (χ1n) is 11.4. The molecule has 176 valence electrons. The van der Waals surface area contributed by atoms with E-state index in [0.717, 1.165) is 22.4 Å². The summed E-state index contributed by atoms with van der Waals surface area (Å²) in [6.07, 6.45) is 1.79. The van der Waals surface area contributed by atoms with Gasteiger partial charge in [0.1, 0.15) is 17.2 Å². The van der Waals surface area contributed by atoms with Crippen LogP contribution in [0.2, 0.25) is 0 Å². The topological polar surface area (TPSA) is 66.8 Å². The van der Waals surface area contributed by atoms with Gasteiger partial charge in [-0.2, -0.15) is 0 Å². The summed E-state index contributed by atoms with van der Waals surface area (Å²) in [6, 6.07) is 21.6. The zero-order chi connectivity index (χ0) is 24.1. The number of halogens is 1. The Hall–Kier alpha value is -3.67. The third-order valence-electron chi connectivity index (χ3n) is 6.12. The zero-order valence-corrected chi connectivity index (χ0v) is 19.2. The summed E-state index contributed by atoms with van der Waals surface area (Å²) in [4.78, 5) is 26.1. The van der Waals surface area contributed by atoms with Crippen LogP contribution >= 0.6 is 0 Å². The Bertz CT molecular complexity index is 1160. The molecule has 4 rings (SSSR count). The van der Waals surface area contributed by atoms with Crippen molar-refractivity contribution in [2.24, 2.45) is 0 Å². The van der Waals surface area contributed by atoms with Gasteiger partial charge in [-0.05, 0) is 60.4 Å². The van der Waals surface area contributed by atoms with Gasteiger partial charge in [-0.3, -0.25) is 9.59 Å². The van der Waals surface area contributed by atoms with Crippen molar-refractivity contribution in [2.75, 3.05) is 13.1 Å². The fraction of sp³-hybridized carbons (Fsp3) is 0.286. The van der Waals surface area contributed by atoms with Crippen molar-refractivity contribution in [1.29, 1.82) is 0 Å². The molecule has 1 heterocycles. The van der Waals surface area contributed by atoms with E-state index in [1.807, 2.05) is 49.4 Å². The molecule has 0 aromatic heterocycles. The number of amides is 1. The van der Waals surface area contributed by atoms with Crippen LogP contribution in [0, 0.1) is 5.82 Å². The molecule has 0 radical (unpaired) electrons. The summed E-state index contributed by atoms with van der Waals surface area (Å²) in [5, 5.41) is 9.15. The molecule has 0 spiro atoms. The highest BCUT2D eigenvalue weighted by Gasteiger charge is 2.35. The summed E-state index contributed by atoms with van der Waals surface area (Å²) >= 11 is 0. The molecule has 3 aromatic carbocycles. The van der Waals surface area contributed by atoms with Crippen LogP contribution in [0.15, 0.2) is 72.8 Å². The van der Waals surface area contributed by atoms with Crippen molar-refractivity contribution in [3.05, 3.63) is 101 Å². The molecule has 0 unspecified atom stereocenters. The van der Waals surface area contributed by atoms with Gasteiger partial charge < -0.3 is 14.7 Å². The van der Waals surface area contributed by atoms with E-state index >= 15 is 0 Å². The van der Waals surface area contributed by atoms with Gasteiger partial charge in [0.15, 0.2) is 0 Å². The van der Waals surface area contributed by atoms with Crippen LogP contribution in [-0.2, 0) is 24.1 Å². The quantitative estimate of drug-likeness (QED) is 0.491. The number of benzene rings is 3. The SMILES string of the molecule is C[C@]1(Cc2ccc(F)cc2)Cc2cc(C(=O)N(CCC(=O)O)CCc3ccccc3)ccc2O1. The minimum Gasteiger partial charge on any atom is -0.487 e. The van der Waals surface area contributed by atoms with Crippen LogP contribution in [0.1, 0.15) is 40.4 Å². The van der Waals surface area contributed by atoms with Gasteiger partial charge in [0.25, 0.3) is 5.91 Å². The molecular weight excluding hydrogens is 433 g/mol. The summed E-state index contributed by atoms with van der Waals surface area (Å²) in [7, 11) is 0. The molecule has 1 aliphatic heterocycles. The Morgan fingerprint density at radius 2 is 1.74 bits per heavy atom. The molecule has 34 heavy (non-hydrogen) atoms. The monoisotopic (exact) mass is 461 g/mol. The van der Waals surface area contributed by atoms with Gasteiger partial charge in [0, 0.05) is 31.5 Å². The van der Waals surface area contributed by atoms with Crippen LogP contribution < -0.4 is 4.74 Å². The highest BCUT2D eigenvalue weighted by molar-refractivity contribution is 5.95. The van der Waals surface area contributed by atoms with Crippen molar-refractivity contribution in [3.63, 3.8) is 0 Å². The fourth-order valence-electron chi connectivity index (χ4n) is 4.42. The van der Waals surface area contributed by atoms with E-state index < -0.39 is 11.6 Å². The minimum atomic E-state index is -0.934. The summed E-state index contributed by atoms with van der Waals surface area (Å²) in [5.74, 6) is -0.654. The minimum absolute atomic E-state index is 0.107. The van der Waals surface area contributed by atoms with Crippen molar-refractivity contribution >= 4 is 11.9 Å². The third-order valence-corrected chi connectivity index (χ3v) is 6.12. The molecule has 3 aromatic rings. The number of ether oxygens (including phenoxy) is 1. The van der Waals surface area contributed by atoms with Crippen LogP contribution in [0.5, 0.6) is 5.75 Å². The highest BCUT2D eigenvalue weighted by Crippen LogP contribution is 2.37. The van der Waals surface area contributed by atoms with Gasteiger partial charge in [-0.25, -0.2) is 4.39 Å². The van der Waals surface area contributed by atoms with Crippen LogP contribution in [0.4, 0.5) is 4.39 Å². The molecular formula is C28H28FNO4. The molecule has 0 saturated heterocycles. The van der Waals surface area contributed by atoms with Crippen LogP contribution in [-0.4, -0.2) is 40.6 Å². The molecule has 1 atom stereocenters. The number of hydrogen-bond acceptors (Lipinski definition) is 3. The highest BCUT2D eigenvalue weighted by atomic mass is 19.1. The fourth-order valence-corrected chi connectivity index (χ4v) is 4.42. The van der Waals surface area contributed by atoms with E-state index in [-0.39, 0.29) is 24.7 Å². The smallest absolute Gasteiger partial charge is 0.305 e. The molecule has 5 nitrogen and oxygen atoms in total. The largest absolute Gasteiger partial charge is 0.487 e. The molecule has 1 N–H and O–H groups in total. The van der Waals surface area contributed by atoms with E-state index in [0.29, 0.717) is 31.4 Å². The van der Waals surface area contributed by atoms with Gasteiger partial charge in [0.05, 0.1) is 6.42 Å². The van der Waals surface area contributed by atoms with Gasteiger partial charge in [-0.1, -0.05) is 42.5 Å². The normalized spacial score (nSPS) is 16.5. The van der Waals surface area contributed by atoms with Gasteiger partial charge in [-0.15, -0.1) is 0 Å². The average Bonchev–Trinajstić information content (AvgIpc) is 3.15. The number of carboxylic acids is 1. The average molecular weight is 462 g/mol. The van der Waals surface area contributed by atoms with Crippen LogP contribution in [0.3, 0.4) is 0 Å². The van der Waals surface area contributed by atoms with Gasteiger partial charge in [0.2, 0.25) is 0 Å². The Kier molecular flexibility index (Phi) is 6.96. The number of nitrogens with zero attached hydrogens (tertiary/aromatic N) is 1. The second-order valence-electron chi connectivity index (χ2n) is 9.03. The summed E-state index contributed by atoms with van der Waals surface area (Å²) < 4.78 is 19.5. The van der Waals surface area contributed by atoms with Gasteiger partial charge >= 0.3 is 5.97 Å². The lowest BCUT2D eigenvalue weighted by Gasteiger charge is -2.24. The predicted octanol–water partition coefficient (Wildman–Crippen LogP) is 4.92. The lowest BCUT2D eigenvalue weighted by atomic mass is 9.91. The Balaban J connectivity index is 1.47. The van der Waals surface area contributed by atoms with E-state index in [2.05, 4.69) is 0 Å². The Labute approximate surface area is 198 Å². The number of fused-ring (bicyclic) bond motifs is 1. The number of carbonyl (C=O) groups excluding carboxylic acids is 1. The predicted molar refractivity (Wildman–Crippen MR) is 128 cm³/mol. The van der Waals surface area contributed by atoms with Crippen molar-refractivity contribution in [3.8, 4) is 5.75 Å². The lowest BCUT2D eigenvalue weighted by Crippen LogP contribution is -2.35. The molecule has 0 aliphatic carbocycles. The molecule has 1 amide bonds. The number of hydrogen-bond donors (Lipinski definition) is 1. The standard InChI is InChI=1S/C28H28FNO4/c1-28(18-21-7-10-24(29)11-8-21)19-23-17-22(9-12-25(23)34-28)27(33)30(16-14-26(31)32)15-13-20-5-3-2-4-6-20/h2-12,17H,13-16,18-19H2,1H3,(H,31,32)/t28-/m0/s1. The molecule has 0 saturated carbocycles. The number of aliphatic carboxylic acids is 1. The van der Waals surface area contributed by atoms with Crippen molar-refractivity contribution in [1.82, 2.24) is 4.90 Å². The summed E-state index contributed by atoms with van der Waals surface area (Å²) in [5.41, 5.74) is 3.05. The maximum atomic E-state index is 13.3. The van der Waals surface area contributed by atoms with E-state index in [9.17, 15) is 14.0 Å². The Morgan fingerprint density at radius 3 is 2.44 bits per heavy atom. The maximum Gasteiger partial charge on any atom is 0.305 e. The number of carbonyl (C=O) groups is 2.